The van der Waals surface area contributed by atoms with Crippen LogP contribution in [0.25, 0.3) is 11.2 Å². The quantitative estimate of drug-likeness (QED) is 0.674. The lowest BCUT2D eigenvalue weighted by molar-refractivity contribution is -0.0583. The van der Waals surface area contributed by atoms with Gasteiger partial charge in [0.05, 0.1) is 19.0 Å². The minimum atomic E-state index is -0.776. The van der Waals surface area contributed by atoms with E-state index in [2.05, 4.69) is 15.0 Å². The van der Waals surface area contributed by atoms with Gasteiger partial charge in [-0.15, -0.1) is 0 Å². The van der Waals surface area contributed by atoms with E-state index >= 15 is 0 Å². The van der Waals surface area contributed by atoms with Gasteiger partial charge in [-0.2, -0.15) is 9.97 Å². The molecule has 2 unspecified atom stereocenters. The standard InChI is InChI=1S/C17H17F2N5O4/c1-26-12-5-9(6-25)27-16(12)24-7-21-13-14(20)22-17(23-15(13)24)28-11-4-8(18)2-3-10(11)19/h2-4,7,9,12,16,25H,5-6H2,1H3,(H2,20,22,23)/t9?,12-,16?/m1/s1. The van der Waals surface area contributed by atoms with Crippen molar-refractivity contribution in [2.45, 2.75) is 24.9 Å². The number of nitrogens with zero attached hydrogens (tertiary/aromatic N) is 4. The number of fused-ring (bicyclic) bond motifs is 1. The van der Waals surface area contributed by atoms with Crippen LogP contribution in [0, 0.1) is 11.6 Å². The van der Waals surface area contributed by atoms with E-state index in [4.69, 9.17) is 19.9 Å². The third kappa shape index (κ3) is 3.23. The number of aliphatic hydroxyl groups is 1. The number of benzene rings is 1. The molecule has 0 aliphatic carbocycles. The molecule has 0 amide bonds. The van der Waals surface area contributed by atoms with Crippen molar-refractivity contribution in [3.05, 3.63) is 36.2 Å². The van der Waals surface area contributed by atoms with Gasteiger partial charge in [-0.3, -0.25) is 4.57 Å². The summed E-state index contributed by atoms with van der Waals surface area (Å²) in [5.41, 5.74) is 6.48. The van der Waals surface area contributed by atoms with Crippen molar-refractivity contribution in [1.29, 1.82) is 0 Å². The van der Waals surface area contributed by atoms with Crippen LogP contribution < -0.4 is 10.5 Å². The first-order valence-electron chi connectivity index (χ1n) is 8.42. The van der Waals surface area contributed by atoms with Crippen LogP contribution in [0.4, 0.5) is 14.6 Å². The number of ether oxygens (including phenoxy) is 3. The van der Waals surface area contributed by atoms with Crippen LogP contribution in [-0.4, -0.2) is 50.6 Å². The monoisotopic (exact) mass is 393 g/mol. The van der Waals surface area contributed by atoms with Gasteiger partial charge in [0.1, 0.15) is 11.9 Å². The highest BCUT2D eigenvalue weighted by atomic mass is 19.1. The Labute approximate surface area is 157 Å². The van der Waals surface area contributed by atoms with E-state index in [-0.39, 0.29) is 41.5 Å². The van der Waals surface area contributed by atoms with Crippen molar-refractivity contribution in [3.63, 3.8) is 0 Å². The summed E-state index contributed by atoms with van der Waals surface area (Å²) in [6.45, 7) is -0.159. The van der Waals surface area contributed by atoms with Gasteiger partial charge in [0, 0.05) is 19.6 Å². The highest BCUT2D eigenvalue weighted by molar-refractivity contribution is 5.82. The molecule has 4 rings (SSSR count). The molecule has 0 saturated carbocycles. The van der Waals surface area contributed by atoms with E-state index in [1.807, 2.05) is 0 Å². The Morgan fingerprint density at radius 1 is 1.36 bits per heavy atom. The predicted molar refractivity (Wildman–Crippen MR) is 92.6 cm³/mol. The van der Waals surface area contributed by atoms with Crippen LogP contribution in [0.5, 0.6) is 11.8 Å². The molecule has 1 saturated heterocycles. The first-order valence-corrected chi connectivity index (χ1v) is 8.42. The number of nitrogen functional groups attached to an aromatic ring is 1. The number of hydrogen-bond acceptors (Lipinski definition) is 8. The third-order valence-corrected chi connectivity index (χ3v) is 4.45. The van der Waals surface area contributed by atoms with Crippen molar-refractivity contribution in [1.82, 2.24) is 19.5 Å². The maximum Gasteiger partial charge on any atom is 0.326 e. The highest BCUT2D eigenvalue weighted by Gasteiger charge is 2.37. The fraction of sp³-hybridized carbons (Fsp3) is 0.353. The summed E-state index contributed by atoms with van der Waals surface area (Å²) in [6, 6.07) is 2.50. The van der Waals surface area contributed by atoms with E-state index in [9.17, 15) is 13.9 Å². The molecule has 0 bridgehead atoms. The van der Waals surface area contributed by atoms with Gasteiger partial charge in [-0.05, 0) is 12.1 Å². The van der Waals surface area contributed by atoms with Crippen molar-refractivity contribution in [2.75, 3.05) is 19.5 Å². The Balaban J connectivity index is 1.73. The smallest absolute Gasteiger partial charge is 0.326 e. The number of halogens is 2. The summed E-state index contributed by atoms with van der Waals surface area (Å²) < 4.78 is 45.3. The zero-order valence-corrected chi connectivity index (χ0v) is 14.7. The summed E-state index contributed by atoms with van der Waals surface area (Å²) in [7, 11) is 1.53. The molecule has 148 valence electrons. The Kier molecular flexibility index (Phi) is 4.79. The molecule has 9 nitrogen and oxygen atoms in total. The third-order valence-electron chi connectivity index (χ3n) is 4.45. The number of imidazole rings is 1. The fourth-order valence-electron chi connectivity index (χ4n) is 3.09. The molecule has 28 heavy (non-hydrogen) atoms. The molecule has 1 fully saturated rings. The van der Waals surface area contributed by atoms with Gasteiger partial charge in [-0.25, -0.2) is 13.8 Å². The van der Waals surface area contributed by atoms with Crippen LogP contribution in [0.1, 0.15) is 12.6 Å². The molecule has 0 spiro atoms. The molecule has 3 aromatic rings. The van der Waals surface area contributed by atoms with Crippen molar-refractivity contribution >= 4 is 17.0 Å². The Hall–Kier alpha value is -2.89. The molecular formula is C17H17F2N5O4. The minimum absolute atomic E-state index is 0.00114. The summed E-state index contributed by atoms with van der Waals surface area (Å²) >= 11 is 0. The molecule has 3 atom stereocenters. The predicted octanol–water partition coefficient (Wildman–Crippen LogP) is 1.77. The number of anilines is 1. The van der Waals surface area contributed by atoms with E-state index in [0.29, 0.717) is 6.42 Å². The first-order chi connectivity index (χ1) is 13.5. The number of hydrogen-bond donors (Lipinski definition) is 2. The second-order valence-corrected chi connectivity index (χ2v) is 6.23. The number of nitrogens with two attached hydrogens (primary N) is 1. The molecule has 2 aromatic heterocycles. The average molecular weight is 393 g/mol. The second-order valence-electron chi connectivity index (χ2n) is 6.23. The van der Waals surface area contributed by atoms with Crippen LogP contribution in [-0.2, 0) is 9.47 Å². The number of aliphatic hydroxyl groups excluding tert-OH is 1. The first kappa shape index (κ1) is 18.5. The summed E-state index contributed by atoms with van der Waals surface area (Å²) in [6.07, 6.45) is 0.578. The number of aromatic nitrogens is 4. The number of rotatable bonds is 5. The molecule has 1 aromatic carbocycles. The number of methoxy groups -OCH3 is 1. The highest BCUT2D eigenvalue weighted by Crippen LogP contribution is 2.34. The Morgan fingerprint density at radius 3 is 2.93 bits per heavy atom. The molecule has 0 radical (unpaired) electrons. The lowest BCUT2D eigenvalue weighted by Crippen LogP contribution is -2.21. The van der Waals surface area contributed by atoms with Crippen molar-refractivity contribution < 1.29 is 28.1 Å². The maximum absolute atomic E-state index is 13.9. The summed E-state index contributed by atoms with van der Waals surface area (Å²) in [4.78, 5) is 12.4. The van der Waals surface area contributed by atoms with Crippen molar-refractivity contribution in [2.24, 2.45) is 0 Å². The molecular weight excluding hydrogens is 376 g/mol. The molecule has 11 heteroatoms. The van der Waals surface area contributed by atoms with Gasteiger partial charge < -0.3 is 25.1 Å². The lowest BCUT2D eigenvalue weighted by Gasteiger charge is -2.19. The van der Waals surface area contributed by atoms with Gasteiger partial charge in [0.15, 0.2) is 34.8 Å². The van der Waals surface area contributed by atoms with Gasteiger partial charge in [0.25, 0.3) is 0 Å². The van der Waals surface area contributed by atoms with Gasteiger partial charge in [-0.1, -0.05) is 0 Å². The van der Waals surface area contributed by atoms with Crippen LogP contribution in [0.15, 0.2) is 24.5 Å². The minimum Gasteiger partial charge on any atom is -0.421 e. The summed E-state index contributed by atoms with van der Waals surface area (Å²) in [5.74, 6) is -1.83. The maximum atomic E-state index is 13.9. The Morgan fingerprint density at radius 2 is 2.18 bits per heavy atom. The van der Waals surface area contributed by atoms with Crippen LogP contribution in [0.3, 0.4) is 0 Å². The largest absolute Gasteiger partial charge is 0.421 e. The molecule has 3 heterocycles. The molecule has 1 aliphatic rings. The van der Waals surface area contributed by atoms with E-state index in [0.717, 1.165) is 18.2 Å². The lowest BCUT2D eigenvalue weighted by atomic mass is 10.2. The SMILES string of the molecule is CO[C@@H]1CC(CO)OC1n1cnc2c(N)nc(Oc3cc(F)ccc3F)nc21. The second kappa shape index (κ2) is 7.26. The van der Waals surface area contributed by atoms with E-state index in [1.54, 1.807) is 4.57 Å². The topological polar surface area (TPSA) is 118 Å². The fourth-order valence-corrected chi connectivity index (χ4v) is 3.09. The normalized spacial score (nSPS) is 22.1. The van der Waals surface area contributed by atoms with E-state index < -0.39 is 24.0 Å². The molecule has 1 aliphatic heterocycles. The summed E-state index contributed by atoms with van der Waals surface area (Å²) in [5, 5.41) is 9.37. The molecule has 3 N–H and O–H groups in total. The van der Waals surface area contributed by atoms with Gasteiger partial charge >= 0.3 is 6.01 Å². The Bertz CT molecular complexity index is 1010. The zero-order chi connectivity index (χ0) is 19.8. The average Bonchev–Trinajstić information content (AvgIpc) is 3.28. The van der Waals surface area contributed by atoms with Crippen LogP contribution >= 0.6 is 0 Å². The van der Waals surface area contributed by atoms with E-state index in [1.165, 1.54) is 13.4 Å². The zero-order valence-electron chi connectivity index (χ0n) is 14.7. The van der Waals surface area contributed by atoms with Crippen molar-refractivity contribution in [3.8, 4) is 11.8 Å². The van der Waals surface area contributed by atoms with Crippen LogP contribution in [0.2, 0.25) is 0 Å². The van der Waals surface area contributed by atoms with Gasteiger partial charge in [0.2, 0.25) is 0 Å².